The molecule has 118 valence electrons. The molecule has 1 unspecified atom stereocenters. The summed E-state index contributed by atoms with van der Waals surface area (Å²) in [7, 11) is 0. The van der Waals surface area contributed by atoms with Crippen LogP contribution < -0.4 is 10.6 Å². The molecule has 2 aliphatic heterocycles. The minimum atomic E-state index is -0.940. The topological polar surface area (TPSA) is 95.6 Å². The van der Waals surface area contributed by atoms with Crippen LogP contribution >= 0.6 is 0 Å². The first-order chi connectivity index (χ1) is 11.0. The Balaban J connectivity index is 1.89. The van der Waals surface area contributed by atoms with Crippen LogP contribution in [-0.2, 0) is 9.59 Å². The largest absolute Gasteiger partial charge is 0.382 e. The van der Waals surface area contributed by atoms with E-state index in [2.05, 4.69) is 17.2 Å². The maximum atomic E-state index is 12.6. The maximum absolute atomic E-state index is 12.6. The van der Waals surface area contributed by atoms with E-state index in [-0.39, 0.29) is 24.0 Å². The van der Waals surface area contributed by atoms with Gasteiger partial charge in [0.15, 0.2) is 0 Å². The molecule has 1 atom stereocenters. The summed E-state index contributed by atoms with van der Waals surface area (Å²) in [6, 6.07) is 3.91. The minimum Gasteiger partial charge on any atom is -0.382 e. The smallest absolute Gasteiger partial charge is 0.262 e. The van der Waals surface area contributed by atoms with Gasteiger partial charge in [-0.05, 0) is 24.6 Å². The molecule has 23 heavy (non-hydrogen) atoms. The number of imide groups is 2. The number of rotatable bonds is 4. The molecule has 1 saturated heterocycles. The molecule has 0 saturated carbocycles. The predicted octanol–water partition coefficient (Wildman–Crippen LogP) is 0.686. The van der Waals surface area contributed by atoms with Gasteiger partial charge in [0.05, 0.1) is 11.1 Å². The summed E-state index contributed by atoms with van der Waals surface area (Å²) in [5, 5.41) is 5.21. The first kappa shape index (κ1) is 15.0. The van der Waals surface area contributed by atoms with E-state index in [0.717, 1.165) is 4.90 Å². The molecule has 0 aliphatic carbocycles. The van der Waals surface area contributed by atoms with Gasteiger partial charge in [-0.15, -0.1) is 6.58 Å². The molecule has 0 spiro atoms. The monoisotopic (exact) mass is 313 g/mol. The van der Waals surface area contributed by atoms with Gasteiger partial charge in [-0.3, -0.25) is 29.4 Å². The van der Waals surface area contributed by atoms with Crippen molar-refractivity contribution in [1.29, 1.82) is 0 Å². The van der Waals surface area contributed by atoms with Crippen molar-refractivity contribution >= 4 is 29.3 Å². The van der Waals surface area contributed by atoms with E-state index in [1.807, 2.05) is 0 Å². The lowest BCUT2D eigenvalue weighted by molar-refractivity contribution is -0.136. The van der Waals surface area contributed by atoms with E-state index in [4.69, 9.17) is 0 Å². The van der Waals surface area contributed by atoms with Gasteiger partial charge in [-0.2, -0.15) is 0 Å². The fourth-order valence-corrected chi connectivity index (χ4v) is 2.77. The third-order valence-corrected chi connectivity index (χ3v) is 3.89. The highest BCUT2D eigenvalue weighted by Crippen LogP contribution is 2.29. The van der Waals surface area contributed by atoms with Gasteiger partial charge in [0.1, 0.15) is 6.04 Å². The normalized spacial score (nSPS) is 20.3. The van der Waals surface area contributed by atoms with Crippen LogP contribution in [0.25, 0.3) is 0 Å². The number of anilines is 1. The molecule has 2 heterocycles. The Bertz CT molecular complexity index is 741. The van der Waals surface area contributed by atoms with Crippen molar-refractivity contribution < 1.29 is 19.2 Å². The van der Waals surface area contributed by atoms with Gasteiger partial charge >= 0.3 is 0 Å². The number of hydrogen-bond acceptors (Lipinski definition) is 5. The van der Waals surface area contributed by atoms with Crippen LogP contribution in [0, 0.1) is 0 Å². The van der Waals surface area contributed by atoms with E-state index >= 15 is 0 Å². The summed E-state index contributed by atoms with van der Waals surface area (Å²) >= 11 is 0. The second-order valence-corrected chi connectivity index (χ2v) is 5.38. The van der Waals surface area contributed by atoms with Gasteiger partial charge in [0, 0.05) is 18.7 Å². The number of benzene rings is 1. The van der Waals surface area contributed by atoms with Crippen molar-refractivity contribution in [3.05, 3.63) is 42.0 Å². The average Bonchev–Trinajstić information content (AvgIpc) is 2.77. The zero-order valence-electron chi connectivity index (χ0n) is 12.3. The third-order valence-electron chi connectivity index (χ3n) is 3.89. The second-order valence-electron chi connectivity index (χ2n) is 5.38. The average molecular weight is 313 g/mol. The number of nitrogens with zero attached hydrogens (tertiary/aromatic N) is 1. The molecule has 1 aromatic carbocycles. The van der Waals surface area contributed by atoms with Gasteiger partial charge in [0.2, 0.25) is 11.8 Å². The highest BCUT2D eigenvalue weighted by atomic mass is 16.2. The number of amides is 4. The molecule has 2 aliphatic rings. The lowest BCUT2D eigenvalue weighted by atomic mass is 10.0. The minimum absolute atomic E-state index is 0.107. The fraction of sp³-hybridized carbons (Fsp3) is 0.250. The zero-order valence-corrected chi connectivity index (χ0v) is 12.3. The Labute approximate surface area is 132 Å². The third kappa shape index (κ3) is 2.50. The number of fused-ring (bicyclic) bond motifs is 1. The number of carbonyl (C=O) groups is 4. The Morgan fingerprint density at radius 3 is 2.65 bits per heavy atom. The maximum Gasteiger partial charge on any atom is 0.262 e. The summed E-state index contributed by atoms with van der Waals surface area (Å²) in [4.78, 5) is 49.1. The fourth-order valence-electron chi connectivity index (χ4n) is 2.77. The van der Waals surface area contributed by atoms with E-state index in [1.165, 1.54) is 0 Å². The molecule has 2 N–H and O–H groups in total. The Kier molecular flexibility index (Phi) is 3.69. The standard InChI is InChI=1S/C16H15N3O4/c1-2-7-17-9-3-4-10-11(8-9)16(23)19(15(10)22)12-5-6-13(20)18-14(12)21/h2-4,8,12,17H,1,5-7H2,(H,18,20,21). The number of piperidine rings is 1. The Hall–Kier alpha value is -2.96. The van der Waals surface area contributed by atoms with Crippen LogP contribution in [0.3, 0.4) is 0 Å². The molecular formula is C16H15N3O4. The summed E-state index contributed by atoms with van der Waals surface area (Å²) < 4.78 is 0. The van der Waals surface area contributed by atoms with Crippen molar-refractivity contribution in [2.24, 2.45) is 0 Å². The van der Waals surface area contributed by atoms with Crippen molar-refractivity contribution in [3.8, 4) is 0 Å². The number of hydrogen-bond donors (Lipinski definition) is 2. The molecule has 7 nitrogen and oxygen atoms in total. The molecule has 4 amide bonds. The molecule has 0 bridgehead atoms. The number of carbonyl (C=O) groups excluding carboxylic acids is 4. The first-order valence-electron chi connectivity index (χ1n) is 7.23. The summed E-state index contributed by atoms with van der Waals surface area (Å²) in [5.74, 6) is -2.02. The van der Waals surface area contributed by atoms with Crippen molar-refractivity contribution in [1.82, 2.24) is 10.2 Å². The van der Waals surface area contributed by atoms with Crippen LogP contribution in [-0.4, -0.2) is 41.1 Å². The van der Waals surface area contributed by atoms with E-state index in [0.29, 0.717) is 12.2 Å². The Morgan fingerprint density at radius 2 is 1.96 bits per heavy atom. The molecule has 3 rings (SSSR count). The van der Waals surface area contributed by atoms with E-state index in [9.17, 15) is 19.2 Å². The highest BCUT2D eigenvalue weighted by molar-refractivity contribution is 6.23. The van der Waals surface area contributed by atoms with Crippen molar-refractivity contribution in [3.63, 3.8) is 0 Å². The van der Waals surface area contributed by atoms with Crippen molar-refractivity contribution in [2.45, 2.75) is 18.9 Å². The zero-order chi connectivity index (χ0) is 16.6. The van der Waals surface area contributed by atoms with Gasteiger partial charge in [-0.1, -0.05) is 6.08 Å². The lowest BCUT2D eigenvalue weighted by Gasteiger charge is -2.27. The highest BCUT2D eigenvalue weighted by Gasteiger charge is 2.44. The number of nitrogens with one attached hydrogen (secondary N) is 2. The van der Waals surface area contributed by atoms with Gasteiger partial charge < -0.3 is 5.32 Å². The molecular weight excluding hydrogens is 298 g/mol. The van der Waals surface area contributed by atoms with Crippen LogP contribution in [0.4, 0.5) is 5.69 Å². The van der Waals surface area contributed by atoms with Gasteiger partial charge in [0.25, 0.3) is 11.8 Å². The van der Waals surface area contributed by atoms with Crippen LogP contribution in [0.1, 0.15) is 33.6 Å². The molecule has 1 aromatic rings. The van der Waals surface area contributed by atoms with Crippen LogP contribution in [0.2, 0.25) is 0 Å². The van der Waals surface area contributed by atoms with Crippen molar-refractivity contribution in [2.75, 3.05) is 11.9 Å². The first-order valence-corrected chi connectivity index (χ1v) is 7.23. The SMILES string of the molecule is C=CCNc1ccc2c(c1)C(=O)N(C1CCC(=O)NC1=O)C2=O. The van der Waals surface area contributed by atoms with Gasteiger partial charge in [-0.25, -0.2) is 0 Å². The molecule has 0 radical (unpaired) electrons. The Morgan fingerprint density at radius 1 is 1.22 bits per heavy atom. The summed E-state index contributed by atoms with van der Waals surface area (Å²) in [6.45, 7) is 4.12. The molecule has 7 heteroatoms. The lowest BCUT2D eigenvalue weighted by Crippen LogP contribution is -2.54. The quantitative estimate of drug-likeness (QED) is 0.630. The summed E-state index contributed by atoms with van der Waals surface area (Å²) in [6.07, 6.45) is 1.93. The summed E-state index contributed by atoms with van der Waals surface area (Å²) in [5.41, 5.74) is 1.22. The van der Waals surface area contributed by atoms with Crippen LogP contribution in [0.15, 0.2) is 30.9 Å². The van der Waals surface area contributed by atoms with E-state index in [1.54, 1.807) is 24.3 Å². The van der Waals surface area contributed by atoms with Crippen LogP contribution in [0.5, 0.6) is 0 Å². The van der Waals surface area contributed by atoms with E-state index < -0.39 is 29.7 Å². The molecule has 0 aromatic heterocycles. The predicted molar refractivity (Wildman–Crippen MR) is 81.8 cm³/mol. The molecule has 1 fully saturated rings. The second kappa shape index (κ2) is 5.68.